The van der Waals surface area contributed by atoms with Crippen molar-refractivity contribution >= 4 is 5.97 Å². The topological polar surface area (TPSA) is 76.2 Å². The molecule has 0 bridgehead atoms. The monoisotopic (exact) mass is 192 g/mol. The smallest absolute Gasteiger partial charge is 0.337 e. The highest BCUT2D eigenvalue weighted by Gasteiger charge is 2.30. The zero-order valence-electron chi connectivity index (χ0n) is 7.68. The summed E-state index contributed by atoms with van der Waals surface area (Å²) < 4.78 is 0. The lowest BCUT2D eigenvalue weighted by atomic mass is 10.1. The van der Waals surface area contributed by atoms with Crippen LogP contribution in [0.15, 0.2) is 18.3 Å². The number of rotatable bonds is 3. The minimum absolute atomic E-state index is 0.0298. The number of carboxylic acid groups (broad SMARTS) is 1. The van der Waals surface area contributed by atoms with Gasteiger partial charge in [-0.2, -0.15) is 0 Å². The summed E-state index contributed by atoms with van der Waals surface area (Å²) in [5.41, 5.74) is 6.91. The fraction of sp³-hybridized carbons (Fsp3) is 0.400. The first kappa shape index (κ1) is 9.15. The second kappa shape index (κ2) is 3.38. The quantitative estimate of drug-likeness (QED) is 0.754. The van der Waals surface area contributed by atoms with Crippen LogP contribution in [0.25, 0.3) is 0 Å². The molecule has 1 aromatic heterocycles. The minimum Gasteiger partial charge on any atom is -0.478 e. The van der Waals surface area contributed by atoms with E-state index in [2.05, 4.69) is 4.98 Å². The van der Waals surface area contributed by atoms with E-state index < -0.39 is 5.97 Å². The Kier molecular flexibility index (Phi) is 2.21. The highest BCUT2D eigenvalue weighted by Crippen LogP contribution is 2.38. The van der Waals surface area contributed by atoms with E-state index in [1.165, 1.54) is 6.20 Å². The Morgan fingerprint density at radius 3 is 2.71 bits per heavy atom. The maximum atomic E-state index is 10.6. The molecule has 0 aromatic carbocycles. The van der Waals surface area contributed by atoms with Gasteiger partial charge in [0.05, 0.1) is 11.3 Å². The van der Waals surface area contributed by atoms with Crippen molar-refractivity contribution in [1.29, 1.82) is 0 Å². The zero-order valence-corrected chi connectivity index (χ0v) is 7.68. The SMILES string of the molecule is N[C@H](c1ccc(C(=O)O)cn1)C1CC1. The van der Waals surface area contributed by atoms with Crippen molar-refractivity contribution in [3.8, 4) is 0 Å². The number of pyridine rings is 1. The molecule has 1 saturated carbocycles. The predicted octanol–water partition coefficient (Wildman–Crippen LogP) is 1.19. The molecular formula is C10H12N2O2. The molecule has 1 aliphatic rings. The number of nitrogens with zero attached hydrogens (tertiary/aromatic N) is 1. The van der Waals surface area contributed by atoms with E-state index in [0.717, 1.165) is 18.5 Å². The molecule has 3 N–H and O–H groups in total. The minimum atomic E-state index is -0.955. The highest BCUT2D eigenvalue weighted by atomic mass is 16.4. The molecule has 1 fully saturated rings. The summed E-state index contributed by atoms with van der Waals surface area (Å²) in [7, 11) is 0. The van der Waals surface area contributed by atoms with Gasteiger partial charge in [0.2, 0.25) is 0 Å². The highest BCUT2D eigenvalue weighted by molar-refractivity contribution is 5.87. The van der Waals surface area contributed by atoms with Crippen LogP contribution in [0.3, 0.4) is 0 Å². The van der Waals surface area contributed by atoms with Gasteiger partial charge >= 0.3 is 5.97 Å². The number of aromatic nitrogens is 1. The van der Waals surface area contributed by atoms with Crippen LogP contribution < -0.4 is 5.73 Å². The van der Waals surface area contributed by atoms with Crippen molar-refractivity contribution in [2.75, 3.05) is 0 Å². The van der Waals surface area contributed by atoms with Gasteiger partial charge in [0, 0.05) is 12.2 Å². The fourth-order valence-electron chi connectivity index (χ4n) is 1.43. The fourth-order valence-corrected chi connectivity index (χ4v) is 1.43. The molecule has 1 heterocycles. The number of carbonyl (C=O) groups is 1. The van der Waals surface area contributed by atoms with E-state index in [4.69, 9.17) is 10.8 Å². The van der Waals surface area contributed by atoms with E-state index in [0.29, 0.717) is 5.92 Å². The number of hydrogen-bond donors (Lipinski definition) is 2. The van der Waals surface area contributed by atoms with Crippen LogP contribution in [-0.4, -0.2) is 16.1 Å². The Balaban J connectivity index is 2.16. The first-order valence-corrected chi connectivity index (χ1v) is 4.63. The molecule has 0 unspecified atom stereocenters. The molecule has 74 valence electrons. The van der Waals surface area contributed by atoms with Crippen LogP contribution >= 0.6 is 0 Å². The summed E-state index contributed by atoms with van der Waals surface area (Å²) in [6.07, 6.45) is 3.67. The molecule has 0 amide bonds. The molecule has 4 heteroatoms. The van der Waals surface area contributed by atoms with Crippen LogP contribution in [0.4, 0.5) is 0 Å². The van der Waals surface area contributed by atoms with Gasteiger partial charge in [0.15, 0.2) is 0 Å². The first-order valence-electron chi connectivity index (χ1n) is 4.63. The van der Waals surface area contributed by atoms with Gasteiger partial charge in [-0.1, -0.05) is 0 Å². The third-order valence-corrected chi connectivity index (χ3v) is 2.50. The third-order valence-electron chi connectivity index (χ3n) is 2.50. The standard InChI is InChI=1S/C10H12N2O2/c11-9(6-1-2-6)8-4-3-7(5-12-8)10(13)14/h3-6,9H,1-2,11H2,(H,13,14)/t9-/m0/s1. The summed E-state index contributed by atoms with van der Waals surface area (Å²) >= 11 is 0. The summed E-state index contributed by atoms with van der Waals surface area (Å²) in [5.74, 6) is -0.415. The van der Waals surface area contributed by atoms with Crippen molar-refractivity contribution in [2.24, 2.45) is 11.7 Å². The summed E-state index contributed by atoms with van der Waals surface area (Å²) in [5, 5.41) is 8.66. The van der Waals surface area contributed by atoms with E-state index in [1.54, 1.807) is 12.1 Å². The number of nitrogens with two attached hydrogens (primary N) is 1. The van der Waals surface area contributed by atoms with Gasteiger partial charge in [0.1, 0.15) is 0 Å². The molecule has 14 heavy (non-hydrogen) atoms. The molecular weight excluding hydrogens is 180 g/mol. The molecule has 0 aliphatic heterocycles. The van der Waals surface area contributed by atoms with Gasteiger partial charge in [0.25, 0.3) is 0 Å². The molecule has 0 saturated heterocycles. The Bertz CT molecular complexity index is 344. The average molecular weight is 192 g/mol. The number of carboxylic acids is 1. The maximum absolute atomic E-state index is 10.6. The largest absolute Gasteiger partial charge is 0.478 e. The van der Waals surface area contributed by atoms with Gasteiger partial charge in [-0.3, -0.25) is 4.98 Å². The molecule has 2 rings (SSSR count). The maximum Gasteiger partial charge on any atom is 0.337 e. The Morgan fingerprint density at radius 1 is 1.57 bits per heavy atom. The molecule has 0 radical (unpaired) electrons. The van der Waals surface area contributed by atoms with E-state index in [-0.39, 0.29) is 11.6 Å². The van der Waals surface area contributed by atoms with Crippen molar-refractivity contribution in [3.63, 3.8) is 0 Å². The van der Waals surface area contributed by atoms with Crippen LogP contribution in [0.2, 0.25) is 0 Å². The molecule has 4 nitrogen and oxygen atoms in total. The Labute approximate surface area is 81.8 Å². The van der Waals surface area contributed by atoms with Gasteiger partial charge < -0.3 is 10.8 Å². The van der Waals surface area contributed by atoms with Crippen LogP contribution in [-0.2, 0) is 0 Å². The van der Waals surface area contributed by atoms with Crippen molar-refractivity contribution in [1.82, 2.24) is 4.98 Å². The summed E-state index contributed by atoms with van der Waals surface area (Å²) in [6.45, 7) is 0. The molecule has 1 aromatic rings. The van der Waals surface area contributed by atoms with Gasteiger partial charge in [-0.25, -0.2) is 4.79 Å². The van der Waals surface area contributed by atoms with E-state index >= 15 is 0 Å². The average Bonchev–Trinajstić information content (AvgIpc) is 3.00. The lowest BCUT2D eigenvalue weighted by molar-refractivity contribution is 0.0696. The van der Waals surface area contributed by atoms with E-state index in [9.17, 15) is 4.79 Å². The number of hydrogen-bond acceptors (Lipinski definition) is 3. The molecule has 1 atom stereocenters. The van der Waals surface area contributed by atoms with Crippen molar-refractivity contribution in [3.05, 3.63) is 29.6 Å². The van der Waals surface area contributed by atoms with Crippen LogP contribution in [0.1, 0.15) is 34.9 Å². The normalized spacial score (nSPS) is 17.8. The van der Waals surface area contributed by atoms with Crippen LogP contribution in [0.5, 0.6) is 0 Å². The van der Waals surface area contributed by atoms with Gasteiger partial charge in [-0.05, 0) is 30.9 Å². The number of aromatic carboxylic acids is 1. The third kappa shape index (κ3) is 1.75. The Morgan fingerprint density at radius 2 is 2.29 bits per heavy atom. The van der Waals surface area contributed by atoms with Gasteiger partial charge in [-0.15, -0.1) is 0 Å². The second-order valence-electron chi connectivity index (χ2n) is 3.64. The first-order chi connectivity index (χ1) is 6.68. The van der Waals surface area contributed by atoms with Crippen LogP contribution in [0, 0.1) is 5.92 Å². The lowest BCUT2D eigenvalue weighted by Crippen LogP contribution is -2.14. The van der Waals surface area contributed by atoms with E-state index in [1.807, 2.05) is 0 Å². The summed E-state index contributed by atoms with van der Waals surface area (Å²) in [6, 6.07) is 3.22. The predicted molar refractivity (Wildman–Crippen MR) is 50.8 cm³/mol. The molecule has 0 spiro atoms. The van der Waals surface area contributed by atoms with Crippen molar-refractivity contribution < 1.29 is 9.90 Å². The Hall–Kier alpha value is -1.42. The summed E-state index contributed by atoms with van der Waals surface area (Å²) in [4.78, 5) is 14.6. The zero-order chi connectivity index (χ0) is 10.1. The lowest BCUT2D eigenvalue weighted by Gasteiger charge is -2.08. The van der Waals surface area contributed by atoms with Crippen molar-refractivity contribution in [2.45, 2.75) is 18.9 Å². The molecule has 1 aliphatic carbocycles. The second-order valence-corrected chi connectivity index (χ2v) is 3.64.